The summed E-state index contributed by atoms with van der Waals surface area (Å²) >= 11 is 0. The van der Waals surface area contributed by atoms with Crippen molar-refractivity contribution in [3.63, 3.8) is 0 Å². The lowest BCUT2D eigenvalue weighted by molar-refractivity contribution is -0.152. The van der Waals surface area contributed by atoms with Crippen molar-refractivity contribution in [1.29, 1.82) is 0 Å². The van der Waals surface area contributed by atoms with Gasteiger partial charge in [-0.3, -0.25) is 19.2 Å². The van der Waals surface area contributed by atoms with Crippen LogP contribution in [0.3, 0.4) is 0 Å². The summed E-state index contributed by atoms with van der Waals surface area (Å²) in [6, 6.07) is 7.92. The van der Waals surface area contributed by atoms with Gasteiger partial charge in [-0.05, 0) is 12.0 Å². The van der Waals surface area contributed by atoms with Crippen molar-refractivity contribution in [3.05, 3.63) is 35.9 Å². The van der Waals surface area contributed by atoms with Crippen LogP contribution < -0.4 is 27.0 Å². The van der Waals surface area contributed by atoms with Crippen LogP contribution in [0.1, 0.15) is 18.9 Å². The van der Waals surface area contributed by atoms with E-state index in [0.717, 1.165) is 5.56 Å². The van der Waals surface area contributed by atoms with E-state index in [4.69, 9.17) is 15.6 Å². The minimum absolute atomic E-state index is 0.158. The van der Waals surface area contributed by atoms with Crippen LogP contribution >= 0.6 is 0 Å². The van der Waals surface area contributed by atoms with Gasteiger partial charge in [0.25, 0.3) is 0 Å². The number of carbonyl (C=O) groups is 5. The summed E-state index contributed by atoms with van der Waals surface area (Å²) in [7, 11) is 0. The van der Waals surface area contributed by atoms with Crippen molar-refractivity contribution < 1.29 is 33.8 Å². The van der Waals surface area contributed by atoms with Gasteiger partial charge in [0.15, 0.2) is 6.10 Å². The summed E-state index contributed by atoms with van der Waals surface area (Å²) in [5.74, 6) is -3.47. The molecule has 0 aliphatic carbocycles. The summed E-state index contributed by atoms with van der Waals surface area (Å²) in [6.07, 6.45) is -0.658. The maximum atomic E-state index is 12.6. The average Bonchev–Trinajstić information content (AvgIpc) is 2.78. The highest BCUT2D eigenvalue weighted by atomic mass is 16.5. The molecule has 1 unspecified atom stereocenters. The first-order chi connectivity index (χ1) is 15.3. The first kappa shape index (κ1) is 26.5. The Labute approximate surface area is 185 Å². The minimum Gasteiger partial charge on any atom is -0.479 e. The Morgan fingerprint density at radius 3 is 2.22 bits per heavy atom. The molecule has 0 heterocycles. The highest BCUT2D eigenvalue weighted by molar-refractivity contribution is 5.92. The number of nitrogens with two attached hydrogens (primary N) is 1. The largest absolute Gasteiger partial charge is 0.479 e. The van der Waals surface area contributed by atoms with Crippen LogP contribution in [0.25, 0.3) is 0 Å². The lowest BCUT2D eigenvalue weighted by Gasteiger charge is -2.19. The van der Waals surface area contributed by atoms with Crippen LogP contribution in [0.2, 0.25) is 0 Å². The fourth-order valence-electron chi connectivity index (χ4n) is 2.50. The molecule has 0 aliphatic rings. The lowest BCUT2D eigenvalue weighted by Crippen LogP contribution is -2.52. The number of amides is 4. The highest BCUT2D eigenvalue weighted by Gasteiger charge is 2.22. The molecule has 0 spiro atoms. The average molecular weight is 451 g/mol. The van der Waals surface area contributed by atoms with Gasteiger partial charge in [0, 0.05) is 6.42 Å². The zero-order chi connectivity index (χ0) is 23.9. The number of carbonyl (C=O) groups excluding carboxylic acids is 4. The second-order valence-corrected chi connectivity index (χ2v) is 6.65. The number of ether oxygens (including phenoxy) is 1. The second kappa shape index (κ2) is 14.5. The van der Waals surface area contributed by atoms with E-state index < -0.39 is 48.3 Å². The molecule has 1 aromatic carbocycles. The molecular weight excluding hydrogens is 422 g/mol. The van der Waals surface area contributed by atoms with Crippen LogP contribution in [0, 0.1) is 0 Å². The fourth-order valence-corrected chi connectivity index (χ4v) is 2.50. The molecule has 12 nitrogen and oxygen atoms in total. The third-order valence-electron chi connectivity index (χ3n) is 4.19. The predicted molar refractivity (Wildman–Crippen MR) is 113 cm³/mol. The van der Waals surface area contributed by atoms with Crippen molar-refractivity contribution in [2.75, 3.05) is 26.4 Å². The topological polar surface area (TPSA) is 189 Å². The molecule has 7 N–H and O–H groups in total. The van der Waals surface area contributed by atoms with E-state index >= 15 is 0 Å². The molecule has 0 saturated carbocycles. The summed E-state index contributed by atoms with van der Waals surface area (Å²) in [6.45, 7) is 0.269. The van der Waals surface area contributed by atoms with E-state index in [1.165, 1.54) is 0 Å². The number of aliphatic carboxylic acids is 1. The molecule has 0 aromatic heterocycles. The quantitative estimate of drug-likeness (QED) is 0.173. The Hall–Kier alpha value is -3.51. The number of hydrogen-bond donors (Lipinski definition) is 6. The van der Waals surface area contributed by atoms with E-state index in [0.29, 0.717) is 0 Å². The first-order valence-electron chi connectivity index (χ1n) is 9.95. The predicted octanol–water partition coefficient (Wildman–Crippen LogP) is -2.14. The molecule has 1 rings (SSSR count). The molecule has 1 aromatic rings. The summed E-state index contributed by atoms with van der Waals surface area (Å²) in [5, 5.41) is 18.5. The third kappa shape index (κ3) is 10.5. The summed E-state index contributed by atoms with van der Waals surface area (Å²) in [5.41, 5.74) is 5.94. The first-order valence-corrected chi connectivity index (χ1v) is 9.95. The Balaban J connectivity index is 2.60. The van der Waals surface area contributed by atoms with Crippen molar-refractivity contribution in [1.82, 2.24) is 21.3 Å². The number of benzene rings is 1. The van der Waals surface area contributed by atoms with Gasteiger partial charge in [0.1, 0.15) is 12.8 Å². The van der Waals surface area contributed by atoms with Gasteiger partial charge in [-0.15, -0.1) is 0 Å². The van der Waals surface area contributed by atoms with E-state index in [9.17, 15) is 24.0 Å². The van der Waals surface area contributed by atoms with Gasteiger partial charge in [0.2, 0.25) is 23.6 Å². The molecule has 4 amide bonds. The smallest absolute Gasteiger partial charge is 0.332 e. The summed E-state index contributed by atoms with van der Waals surface area (Å²) < 4.78 is 5.02. The molecule has 0 saturated heterocycles. The zero-order valence-corrected chi connectivity index (χ0v) is 17.8. The van der Waals surface area contributed by atoms with Crippen molar-refractivity contribution >= 4 is 29.6 Å². The molecule has 32 heavy (non-hydrogen) atoms. The molecule has 176 valence electrons. The molecule has 0 aliphatic heterocycles. The van der Waals surface area contributed by atoms with Gasteiger partial charge in [0.05, 0.1) is 19.6 Å². The maximum Gasteiger partial charge on any atom is 0.332 e. The van der Waals surface area contributed by atoms with Crippen molar-refractivity contribution in [2.45, 2.75) is 31.9 Å². The van der Waals surface area contributed by atoms with Gasteiger partial charge in [-0.25, -0.2) is 4.79 Å². The Morgan fingerprint density at radius 1 is 0.969 bits per heavy atom. The maximum absolute atomic E-state index is 12.6. The monoisotopic (exact) mass is 451 g/mol. The molecule has 12 heteroatoms. The standard InChI is InChI=1S/C20H29N5O7/c1-2-15(20(30)31)32-12-24-17(27)10-23-19(29)14(8-13-6-4-3-5-7-13)25-18(28)11-22-16(26)9-21/h3-7,14-15H,2,8-12,21H2,1H3,(H,22,26)(H,23,29)(H,24,27)(H,25,28)(H,30,31)/t14-,15?/m0/s1. The number of hydrogen-bond acceptors (Lipinski definition) is 7. The van der Waals surface area contributed by atoms with E-state index in [2.05, 4.69) is 21.3 Å². The number of nitrogens with one attached hydrogen (secondary N) is 4. The number of rotatable bonds is 14. The highest BCUT2D eigenvalue weighted by Crippen LogP contribution is 2.03. The van der Waals surface area contributed by atoms with Crippen LogP contribution in [0.15, 0.2) is 30.3 Å². The molecular formula is C20H29N5O7. The van der Waals surface area contributed by atoms with Gasteiger partial charge in [-0.2, -0.15) is 0 Å². The van der Waals surface area contributed by atoms with E-state index in [1.807, 2.05) is 0 Å². The van der Waals surface area contributed by atoms with Gasteiger partial charge < -0.3 is 36.8 Å². The second-order valence-electron chi connectivity index (χ2n) is 6.65. The van der Waals surface area contributed by atoms with Crippen LogP contribution in [0.5, 0.6) is 0 Å². The minimum atomic E-state index is -1.14. The van der Waals surface area contributed by atoms with E-state index in [1.54, 1.807) is 37.3 Å². The lowest BCUT2D eigenvalue weighted by atomic mass is 10.1. The summed E-state index contributed by atoms with van der Waals surface area (Å²) in [4.78, 5) is 58.7. The van der Waals surface area contributed by atoms with Crippen LogP contribution in [-0.2, 0) is 35.1 Å². The third-order valence-corrected chi connectivity index (χ3v) is 4.19. The van der Waals surface area contributed by atoms with Crippen LogP contribution in [-0.4, -0.2) is 73.2 Å². The molecule has 0 radical (unpaired) electrons. The zero-order valence-electron chi connectivity index (χ0n) is 17.8. The molecule has 0 fully saturated rings. The Bertz CT molecular complexity index is 788. The Kier molecular flexibility index (Phi) is 12.0. The number of carboxylic acids is 1. The molecule has 2 atom stereocenters. The normalized spacial score (nSPS) is 12.2. The van der Waals surface area contributed by atoms with Crippen molar-refractivity contribution in [3.8, 4) is 0 Å². The fraction of sp³-hybridized carbons (Fsp3) is 0.450. The van der Waals surface area contributed by atoms with Gasteiger partial charge in [-0.1, -0.05) is 37.3 Å². The Morgan fingerprint density at radius 2 is 1.62 bits per heavy atom. The molecule has 0 bridgehead atoms. The van der Waals surface area contributed by atoms with Gasteiger partial charge >= 0.3 is 5.97 Å². The number of carboxylic acid groups (broad SMARTS) is 1. The van der Waals surface area contributed by atoms with E-state index in [-0.39, 0.29) is 32.7 Å². The SMILES string of the molecule is CCC(OCNC(=O)CNC(=O)[C@H](Cc1ccccc1)NC(=O)CNC(=O)CN)C(=O)O. The van der Waals surface area contributed by atoms with Crippen molar-refractivity contribution in [2.24, 2.45) is 5.73 Å². The van der Waals surface area contributed by atoms with Crippen LogP contribution in [0.4, 0.5) is 0 Å².